The highest BCUT2D eigenvalue weighted by Crippen LogP contribution is 2.35. The number of nitrogen functional groups attached to an aromatic ring is 1. The summed E-state index contributed by atoms with van der Waals surface area (Å²) in [5.41, 5.74) is 4.70. The monoisotopic (exact) mass is 263 g/mol. The van der Waals surface area contributed by atoms with Crippen molar-refractivity contribution in [1.82, 2.24) is 9.55 Å². The highest BCUT2D eigenvalue weighted by Gasteiger charge is 2.18. The second-order valence-electron chi connectivity index (χ2n) is 3.37. The van der Waals surface area contributed by atoms with Crippen molar-refractivity contribution in [3.8, 4) is 0 Å². The van der Waals surface area contributed by atoms with Gasteiger partial charge in [-0.05, 0) is 12.5 Å². The van der Waals surface area contributed by atoms with Crippen LogP contribution in [0.2, 0.25) is 0 Å². The number of ether oxygens (including phenoxy) is 1. The molecular weight excluding hydrogens is 249 g/mol. The van der Waals surface area contributed by atoms with Crippen LogP contribution in [-0.2, 0) is 9.30 Å². The molecule has 9 heteroatoms. The van der Waals surface area contributed by atoms with E-state index in [2.05, 4.69) is 4.98 Å². The first-order valence-corrected chi connectivity index (χ1v) is 6.64. The van der Waals surface area contributed by atoms with E-state index >= 15 is 0 Å². The highest BCUT2D eigenvalue weighted by atomic mass is 31.2. The van der Waals surface area contributed by atoms with Crippen LogP contribution in [0.25, 0.3) is 0 Å². The van der Waals surface area contributed by atoms with Crippen LogP contribution in [-0.4, -0.2) is 25.7 Å². The van der Waals surface area contributed by atoms with Gasteiger partial charge >= 0.3 is 13.3 Å². The fourth-order valence-corrected chi connectivity index (χ4v) is 1.59. The molecule has 4 N–H and O–H groups in total. The van der Waals surface area contributed by atoms with Gasteiger partial charge < -0.3 is 20.3 Å². The SMILES string of the molecule is CCC(OCP(=O)(O)O)n1ccc(N)nc1=O. The number of hydrogen-bond donors (Lipinski definition) is 3. The molecule has 1 rings (SSSR count). The van der Waals surface area contributed by atoms with Gasteiger partial charge in [0.15, 0.2) is 6.35 Å². The first-order chi connectivity index (χ1) is 7.83. The van der Waals surface area contributed by atoms with Crippen LogP contribution < -0.4 is 11.4 Å². The summed E-state index contributed by atoms with van der Waals surface area (Å²) in [5.74, 6) is 0.0797. The summed E-state index contributed by atoms with van der Waals surface area (Å²) in [5, 5.41) is 0. The second kappa shape index (κ2) is 5.42. The Balaban J connectivity index is 2.87. The summed E-state index contributed by atoms with van der Waals surface area (Å²) in [6, 6.07) is 1.41. The standard InChI is InChI=1S/C8H14N3O5P/c1-2-7(16-5-17(13,14)15)11-4-3-6(9)10-8(11)12/h3-4,7H,2,5H2,1H3,(H2,9,10,12)(H2,13,14,15). The molecule has 1 atom stereocenters. The summed E-state index contributed by atoms with van der Waals surface area (Å²) < 4.78 is 16.8. The molecule has 0 saturated carbocycles. The Hall–Kier alpha value is -1.21. The Morgan fingerprint density at radius 3 is 2.76 bits per heavy atom. The normalized spacial score (nSPS) is 13.6. The Bertz CT molecular complexity index is 482. The predicted octanol–water partition coefficient (Wildman–Crippen LogP) is -0.114. The van der Waals surface area contributed by atoms with E-state index < -0.39 is 25.9 Å². The predicted molar refractivity (Wildman–Crippen MR) is 60.2 cm³/mol. The van der Waals surface area contributed by atoms with Crippen LogP contribution in [0, 0.1) is 0 Å². The Morgan fingerprint density at radius 2 is 2.29 bits per heavy atom. The minimum absolute atomic E-state index is 0.0797. The molecule has 0 fully saturated rings. The van der Waals surface area contributed by atoms with Gasteiger partial charge in [0.05, 0.1) is 0 Å². The van der Waals surface area contributed by atoms with E-state index in [1.54, 1.807) is 6.92 Å². The van der Waals surface area contributed by atoms with E-state index in [4.69, 9.17) is 20.3 Å². The van der Waals surface area contributed by atoms with Gasteiger partial charge in [0, 0.05) is 6.20 Å². The number of aromatic nitrogens is 2. The molecule has 0 aliphatic carbocycles. The van der Waals surface area contributed by atoms with Gasteiger partial charge in [-0.25, -0.2) is 4.79 Å². The van der Waals surface area contributed by atoms with Crippen molar-refractivity contribution in [3.05, 3.63) is 22.7 Å². The molecule has 0 aliphatic heterocycles. The molecule has 0 radical (unpaired) electrons. The van der Waals surface area contributed by atoms with Crippen LogP contribution >= 0.6 is 7.60 Å². The molecule has 0 aromatic carbocycles. The van der Waals surface area contributed by atoms with Crippen LogP contribution in [0.4, 0.5) is 5.82 Å². The molecule has 0 aliphatic rings. The van der Waals surface area contributed by atoms with E-state index in [1.165, 1.54) is 12.3 Å². The van der Waals surface area contributed by atoms with Crippen molar-refractivity contribution < 1.29 is 19.1 Å². The molecule has 0 saturated heterocycles. The molecule has 1 heterocycles. The van der Waals surface area contributed by atoms with Gasteiger partial charge in [0.2, 0.25) is 0 Å². The third kappa shape index (κ3) is 4.27. The zero-order valence-corrected chi connectivity index (χ0v) is 10.1. The molecule has 0 spiro atoms. The van der Waals surface area contributed by atoms with E-state index in [0.29, 0.717) is 6.42 Å². The number of nitrogens with zero attached hydrogens (tertiary/aromatic N) is 2. The second-order valence-corrected chi connectivity index (χ2v) is 4.95. The lowest BCUT2D eigenvalue weighted by Gasteiger charge is -2.18. The van der Waals surface area contributed by atoms with Gasteiger partial charge in [0.1, 0.15) is 12.0 Å². The summed E-state index contributed by atoms with van der Waals surface area (Å²) in [4.78, 5) is 32.3. The van der Waals surface area contributed by atoms with Crippen molar-refractivity contribution >= 4 is 13.4 Å². The topological polar surface area (TPSA) is 128 Å². The van der Waals surface area contributed by atoms with E-state index in [9.17, 15) is 9.36 Å². The highest BCUT2D eigenvalue weighted by molar-refractivity contribution is 7.51. The maximum absolute atomic E-state index is 11.5. The quantitative estimate of drug-likeness (QED) is 0.632. The molecule has 1 aromatic rings. The lowest BCUT2D eigenvalue weighted by molar-refractivity contribution is 0.0159. The van der Waals surface area contributed by atoms with Gasteiger partial charge in [-0.15, -0.1) is 0 Å². The van der Waals surface area contributed by atoms with Gasteiger partial charge in [-0.1, -0.05) is 6.92 Å². The third-order valence-electron chi connectivity index (χ3n) is 1.95. The summed E-state index contributed by atoms with van der Waals surface area (Å²) in [6.07, 6.45) is 0.218. The summed E-state index contributed by atoms with van der Waals surface area (Å²) in [7, 11) is -4.26. The Morgan fingerprint density at radius 1 is 1.65 bits per heavy atom. The van der Waals surface area contributed by atoms with Crippen molar-refractivity contribution in [2.75, 3.05) is 12.1 Å². The first-order valence-electron chi connectivity index (χ1n) is 4.84. The fourth-order valence-electron chi connectivity index (χ4n) is 1.22. The smallest absolute Gasteiger partial charge is 0.351 e. The van der Waals surface area contributed by atoms with Crippen molar-refractivity contribution in [2.24, 2.45) is 0 Å². The maximum atomic E-state index is 11.5. The Kier molecular flexibility index (Phi) is 4.41. The molecule has 8 nitrogen and oxygen atoms in total. The van der Waals surface area contributed by atoms with Crippen LogP contribution in [0.15, 0.2) is 17.1 Å². The zero-order chi connectivity index (χ0) is 13.1. The van der Waals surface area contributed by atoms with Gasteiger partial charge in [0.25, 0.3) is 0 Å². The molecular formula is C8H14N3O5P. The average molecular weight is 263 g/mol. The lowest BCUT2D eigenvalue weighted by atomic mass is 10.4. The average Bonchev–Trinajstić information content (AvgIpc) is 2.19. The van der Waals surface area contributed by atoms with Crippen molar-refractivity contribution in [3.63, 3.8) is 0 Å². The molecule has 96 valence electrons. The number of hydrogen-bond acceptors (Lipinski definition) is 5. The number of anilines is 1. The van der Waals surface area contributed by atoms with Gasteiger partial charge in [-0.2, -0.15) is 4.98 Å². The van der Waals surface area contributed by atoms with Crippen molar-refractivity contribution in [1.29, 1.82) is 0 Å². The van der Waals surface area contributed by atoms with E-state index in [-0.39, 0.29) is 5.82 Å². The van der Waals surface area contributed by atoms with Crippen LogP contribution in [0.5, 0.6) is 0 Å². The summed E-state index contributed by atoms with van der Waals surface area (Å²) in [6.45, 7) is 1.72. The number of nitrogens with two attached hydrogens (primary N) is 1. The lowest BCUT2D eigenvalue weighted by Crippen LogP contribution is -2.28. The number of rotatable bonds is 5. The molecule has 1 unspecified atom stereocenters. The largest absolute Gasteiger partial charge is 0.383 e. The Labute approximate surface area is 97.2 Å². The minimum atomic E-state index is -4.26. The van der Waals surface area contributed by atoms with E-state index in [0.717, 1.165) is 4.57 Å². The summed E-state index contributed by atoms with van der Waals surface area (Å²) >= 11 is 0. The third-order valence-corrected chi connectivity index (χ3v) is 2.43. The molecule has 1 aromatic heterocycles. The van der Waals surface area contributed by atoms with Gasteiger partial charge in [-0.3, -0.25) is 9.13 Å². The van der Waals surface area contributed by atoms with Crippen LogP contribution in [0.1, 0.15) is 19.6 Å². The minimum Gasteiger partial charge on any atom is -0.383 e. The first kappa shape index (κ1) is 13.9. The zero-order valence-electron chi connectivity index (χ0n) is 9.18. The van der Waals surface area contributed by atoms with E-state index in [1.807, 2.05) is 0 Å². The van der Waals surface area contributed by atoms with Crippen LogP contribution in [0.3, 0.4) is 0 Å². The molecule has 17 heavy (non-hydrogen) atoms. The van der Waals surface area contributed by atoms with Crippen molar-refractivity contribution in [2.45, 2.75) is 19.6 Å². The fraction of sp³-hybridized carbons (Fsp3) is 0.500. The molecule has 0 amide bonds. The maximum Gasteiger partial charge on any atom is 0.351 e. The molecule has 0 bridgehead atoms.